The third kappa shape index (κ3) is 5.16. The van der Waals surface area contributed by atoms with Crippen LogP contribution < -0.4 is 21.1 Å². The largest absolute Gasteiger partial charge is 0.492 e. The second-order valence-electron chi connectivity index (χ2n) is 8.57. The SMILES string of the molecule is NC1(c2ccc(OCCN3CCCCC3)cc2)N=CC=C(Nc2cnc3ccccc3c2)N1. The number of ether oxygens (including phenoxy) is 1. The number of rotatable bonds is 7. The minimum atomic E-state index is -1.06. The van der Waals surface area contributed by atoms with E-state index in [1.807, 2.05) is 60.8 Å². The minimum Gasteiger partial charge on any atom is -0.492 e. The van der Waals surface area contributed by atoms with Crippen molar-refractivity contribution in [3.05, 3.63) is 78.3 Å². The molecular weight excluding hydrogens is 412 g/mol. The third-order valence-electron chi connectivity index (χ3n) is 6.13. The van der Waals surface area contributed by atoms with Crippen molar-refractivity contribution in [2.24, 2.45) is 10.7 Å². The second-order valence-corrected chi connectivity index (χ2v) is 8.57. The molecule has 0 spiro atoms. The van der Waals surface area contributed by atoms with Crippen LogP contribution in [0.5, 0.6) is 5.75 Å². The Morgan fingerprint density at radius 2 is 1.88 bits per heavy atom. The molecule has 2 aliphatic rings. The van der Waals surface area contributed by atoms with Crippen LogP contribution in [-0.2, 0) is 5.79 Å². The molecule has 1 saturated heterocycles. The molecule has 0 amide bonds. The van der Waals surface area contributed by atoms with Crippen LogP contribution in [0.3, 0.4) is 0 Å². The van der Waals surface area contributed by atoms with Crippen molar-refractivity contribution in [2.75, 3.05) is 31.6 Å². The molecule has 5 rings (SSSR count). The number of likely N-dealkylation sites (tertiary alicyclic amines) is 1. The summed E-state index contributed by atoms with van der Waals surface area (Å²) >= 11 is 0. The van der Waals surface area contributed by atoms with Gasteiger partial charge in [-0.2, -0.15) is 0 Å². The van der Waals surface area contributed by atoms with Crippen molar-refractivity contribution in [3.63, 3.8) is 0 Å². The molecule has 0 bridgehead atoms. The van der Waals surface area contributed by atoms with Crippen molar-refractivity contribution >= 4 is 22.8 Å². The molecule has 0 saturated carbocycles. The number of nitrogens with zero attached hydrogens (tertiary/aromatic N) is 3. The standard InChI is InChI=1S/C26H30N6O/c27-26(21-8-10-23(11-9-21)33-17-16-32-14-4-1-5-15-32)29-13-12-25(31-26)30-22-18-20-6-2-3-7-24(20)28-19-22/h2-3,6-13,18-19,30-31H,1,4-5,14-17,27H2. The van der Waals surface area contributed by atoms with Crippen molar-refractivity contribution in [1.29, 1.82) is 0 Å². The van der Waals surface area contributed by atoms with Gasteiger partial charge in [0.25, 0.3) is 0 Å². The molecule has 3 aromatic rings. The zero-order valence-corrected chi connectivity index (χ0v) is 18.7. The molecule has 1 fully saturated rings. The zero-order chi connectivity index (χ0) is 22.5. The molecule has 1 aromatic heterocycles. The smallest absolute Gasteiger partial charge is 0.210 e. The number of aromatic nitrogens is 1. The lowest BCUT2D eigenvalue weighted by atomic mass is 10.1. The molecule has 33 heavy (non-hydrogen) atoms. The van der Waals surface area contributed by atoms with Gasteiger partial charge >= 0.3 is 0 Å². The summed E-state index contributed by atoms with van der Waals surface area (Å²) in [7, 11) is 0. The molecule has 3 heterocycles. The molecular formula is C26H30N6O. The lowest BCUT2D eigenvalue weighted by Crippen LogP contribution is -2.51. The highest BCUT2D eigenvalue weighted by Crippen LogP contribution is 2.24. The van der Waals surface area contributed by atoms with Crippen LogP contribution in [0.25, 0.3) is 10.9 Å². The number of hydrogen-bond donors (Lipinski definition) is 3. The van der Waals surface area contributed by atoms with E-state index in [4.69, 9.17) is 10.5 Å². The fourth-order valence-corrected chi connectivity index (χ4v) is 4.30. The van der Waals surface area contributed by atoms with Gasteiger partial charge in [0.15, 0.2) is 0 Å². The minimum absolute atomic E-state index is 0.695. The number of nitrogens with two attached hydrogens (primary N) is 1. The van der Waals surface area contributed by atoms with Crippen LogP contribution in [0.2, 0.25) is 0 Å². The first-order valence-corrected chi connectivity index (χ1v) is 11.6. The van der Waals surface area contributed by atoms with Crippen LogP contribution in [0, 0.1) is 0 Å². The monoisotopic (exact) mass is 442 g/mol. The zero-order valence-electron chi connectivity index (χ0n) is 18.7. The summed E-state index contributed by atoms with van der Waals surface area (Å²) in [6.07, 6.45) is 9.33. The first kappa shape index (κ1) is 21.4. The summed E-state index contributed by atoms with van der Waals surface area (Å²) in [6, 6.07) is 17.9. The Bertz CT molecular complexity index is 1150. The van der Waals surface area contributed by atoms with Gasteiger partial charge in [-0.15, -0.1) is 0 Å². The van der Waals surface area contributed by atoms with E-state index in [1.165, 1.54) is 32.4 Å². The highest BCUT2D eigenvalue weighted by atomic mass is 16.5. The lowest BCUT2D eigenvalue weighted by Gasteiger charge is -2.31. The number of hydrogen-bond acceptors (Lipinski definition) is 7. The van der Waals surface area contributed by atoms with Crippen molar-refractivity contribution < 1.29 is 4.74 Å². The summed E-state index contributed by atoms with van der Waals surface area (Å²) in [6.45, 7) is 4.03. The van der Waals surface area contributed by atoms with Crippen LogP contribution in [0.1, 0.15) is 24.8 Å². The number of pyridine rings is 1. The average molecular weight is 443 g/mol. The molecule has 2 aliphatic heterocycles. The summed E-state index contributed by atoms with van der Waals surface area (Å²) in [5.41, 5.74) is 9.30. The van der Waals surface area contributed by atoms with Gasteiger partial charge in [0, 0.05) is 23.7 Å². The Hall–Kier alpha value is -3.42. The molecule has 7 heteroatoms. The number of allylic oxidation sites excluding steroid dienone is 1. The maximum absolute atomic E-state index is 6.61. The quantitative estimate of drug-likeness (QED) is 0.516. The Kier molecular flexibility index (Phi) is 6.24. The molecule has 1 unspecified atom stereocenters. The van der Waals surface area contributed by atoms with Gasteiger partial charge in [0.2, 0.25) is 5.79 Å². The van der Waals surface area contributed by atoms with E-state index in [9.17, 15) is 0 Å². The van der Waals surface area contributed by atoms with Gasteiger partial charge in [-0.1, -0.05) is 24.6 Å². The maximum atomic E-state index is 6.61. The molecule has 2 aromatic carbocycles. The Labute approximate surface area is 194 Å². The maximum Gasteiger partial charge on any atom is 0.210 e. The van der Waals surface area contributed by atoms with Crippen molar-refractivity contribution in [1.82, 2.24) is 15.2 Å². The number of fused-ring (bicyclic) bond motifs is 1. The van der Waals surface area contributed by atoms with E-state index in [0.29, 0.717) is 6.61 Å². The van der Waals surface area contributed by atoms with E-state index in [2.05, 4.69) is 31.6 Å². The summed E-state index contributed by atoms with van der Waals surface area (Å²) in [5.74, 6) is 0.537. The number of aliphatic imine (C=N–C) groups is 1. The highest BCUT2D eigenvalue weighted by Gasteiger charge is 2.28. The van der Waals surface area contributed by atoms with Crippen LogP contribution in [0.4, 0.5) is 5.69 Å². The number of nitrogens with one attached hydrogen (secondary N) is 2. The third-order valence-corrected chi connectivity index (χ3v) is 6.13. The number of piperidine rings is 1. The summed E-state index contributed by atoms with van der Waals surface area (Å²) in [5, 5.41) is 7.73. The fraction of sp³-hybridized carbons (Fsp3) is 0.308. The Morgan fingerprint density at radius 3 is 2.73 bits per heavy atom. The number of anilines is 1. The first-order valence-electron chi connectivity index (χ1n) is 11.6. The predicted molar refractivity (Wildman–Crippen MR) is 133 cm³/mol. The molecule has 1 atom stereocenters. The van der Waals surface area contributed by atoms with Gasteiger partial charge in [0.05, 0.1) is 17.4 Å². The predicted octanol–water partition coefficient (Wildman–Crippen LogP) is 3.80. The number of benzene rings is 2. The fourth-order valence-electron chi connectivity index (χ4n) is 4.30. The van der Waals surface area contributed by atoms with Gasteiger partial charge in [-0.3, -0.25) is 15.6 Å². The lowest BCUT2D eigenvalue weighted by molar-refractivity contribution is 0.183. The molecule has 7 nitrogen and oxygen atoms in total. The number of para-hydroxylation sites is 1. The molecule has 170 valence electrons. The van der Waals surface area contributed by atoms with E-state index in [0.717, 1.165) is 40.3 Å². The van der Waals surface area contributed by atoms with Crippen LogP contribution >= 0.6 is 0 Å². The Balaban J connectivity index is 1.20. The van der Waals surface area contributed by atoms with Crippen LogP contribution in [0.15, 0.2) is 77.7 Å². The molecule has 4 N–H and O–H groups in total. The van der Waals surface area contributed by atoms with Gasteiger partial charge < -0.3 is 15.4 Å². The highest BCUT2D eigenvalue weighted by molar-refractivity contribution is 5.82. The van der Waals surface area contributed by atoms with Gasteiger partial charge in [-0.25, -0.2) is 4.99 Å². The first-order chi connectivity index (χ1) is 16.2. The van der Waals surface area contributed by atoms with Gasteiger partial charge in [-0.05, 0) is 68.4 Å². The van der Waals surface area contributed by atoms with Crippen LogP contribution in [-0.4, -0.2) is 42.3 Å². The summed E-state index contributed by atoms with van der Waals surface area (Å²) in [4.78, 5) is 11.5. The van der Waals surface area contributed by atoms with Crippen molar-refractivity contribution in [3.8, 4) is 5.75 Å². The normalized spacial score (nSPS) is 20.8. The van der Waals surface area contributed by atoms with E-state index >= 15 is 0 Å². The van der Waals surface area contributed by atoms with Crippen molar-refractivity contribution in [2.45, 2.75) is 25.0 Å². The Morgan fingerprint density at radius 1 is 1.06 bits per heavy atom. The van der Waals surface area contributed by atoms with E-state index in [-0.39, 0.29) is 0 Å². The molecule has 0 aliphatic carbocycles. The average Bonchev–Trinajstić information content (AvgIpc) is 2.85. The van der Waals surface area contributed by atoms with Gasteiger partial charge in [0.1, 0.15) is 18.2 Å². The topological polar surface area (TPSA) is 87.8 Å². The van der Waals surface area contributed by atoms with E-state index in [1.54, 1.807) is 6.21 Å². The molecule has 0 radical (unpaired) electrons. The summed E-state index contributed by atoms with van der Waals surface area (Å²) < 4.78 is 5.95. The second kappa shape index (κ2) is 9.60. The van der Waals surface area contributed by atoms with E-state index < -0.39 is 5.79 Å².